The van der Waals surface area contributed by atoms with Crippen LogP contribution < -0.4 is 16.0 Å². The summed E-state index contributed by atoms with van der Waals surface area (Å²) in [6, 6.07) is 7.61. The molecule has 1 saturated heterocycles. The Morgan fingerprint density at radius 1 is 1.21 bits per heavy atom. The molecule has 1 heterocycles. The quantitative estimate of drug-likeness (QED) is 0.700. The van der Waals surface area contributed by atoms with Crippen LogP contribution in [0.25, 0.3) is 0 Å². The van der Waals surface area contributed by atoms with Gasteiger partial charge in [-0.1, -0.05) is 25.0 Å². The molecule has 1 saturated carbocycles. The van der Waals surface area contributed by atoms with E-state index in [1.165, 1.54) is 6.42 Å². The molecule has 0 spiro atoms. The van der Waals surface area contributed by atoms with Crippen molar-refractivity contribution in [3.8, 4) is 0 Å². The minimum absolute atomic E-state index is 0.0578. The standard InChI is InChI=1S/C22H34N4O2/c1-4-26(5-2)21(28)25-19-11-9-17(10-12-19)16(3)24-20(27)22-13-7-6-8-18(22)14-23-15-22/h9-12,16,18,23H,4-8,13-15H2,1-3H3,(H,24,27)(H,25,28)/t16?,18-,22+/m0/s1. The van der Waals surface area contributed by atoms with Gasteiger partial charge in [0.1, 0.15) is 0 Å². The summed E-state index contributed by atoms with van der Waals surface area (Å²) in [4.78, 5) is 27.0. The van der Waals surface area contributed by atoms with Gasteiger partial charge in [-0.15, -0.1) is 0 Å². The minimum atomic E-state index is -0.232. The molecule has 0 aromatic heterocycles. The Morgan fingerprint density at radius 2 is 1.93 bits per heavy atom. The zero-order valence-corrected chi connectivity index (χ0v) is 17.4. The van der Waals surface area contributed by atoms with Crippen LogP contribution in [0.3, 0.4) is 0 Å². The Labute approximate surface area is 168 Å². The van der Waals surface area contributed by atoms with E-state index in [0.29, 0.717) is 19.0 Å². The lowest BCUT2D eigenvalue weighted by Crippen LogP contribution is -2.48. The molecule has 154 valence electrons. The monoisotopic (exact) mass is 386 g/mol. The second-order valence-corrected chi connectivity index (χ2v) is 8.15. The third-order valence-corrected chi connectivity index (χ3v) is 6.55. The van der Waals surface area contributed by atoms with Gasteiger partial charge in [-0.3, -0.25) is 4.79 Å². The summed E-state index contributed by atoms with van der Waals surface area (Å²) >= 11 is 0. The van der Waals surface area contributed by atoms with E-state index in [1.807, 2.05) is 45.0 Å². The van der Waals surface area contributed by atoms with Crippen LogP contribution in [0.15, 0.2) is 24.3 Å². The first-order valence-electron chi connectivity index (χ1n) is 10.7. The zero-order chi connectivity index (χ0) is 20.1. The molecule has 3 rings (SSSR count). The number of anilines is 1. The van der Waals surface area contributed by atoms with Crippen LogP contribution in [0.5, 0.6) is 0 Å². The highest BCUT2D eigenvalue weighted by molar-refractivity contribution is 5.89. The number of carbonyl (C=O) groups is 2. The van der Waals surface area contributed by atoms with Gasteiger partial charge < -0.3 is 20.9 Å². The summed E-state index contributed by atoms with van der Waals surface area (Å²) in [5.41, 5.74) is 1.58. The highest BCUT2D eigenvalue weighted by atomic mass is 16.2. The van der Waals surface area contributed by atoms with Crippen molar-refractivity contribution in [3.05, 3.63) is 29.8 Å². The van der Waals surface area contributed by atoms with Crippen LogP contribution in [0.4, 0.5) is 10.5 Å². The first-order valence-corrected chi connectivity index (χ1v) is 10.7. The number of fused-ring (bicyclic) bond motifs is 1. The highest BCUT2D eigenvalue weighted by Crippen LogP contribution is 2.44. The van der Waals surface area contributed by atoms with Gasteiger partial charge in [0.15, 0.2) is 0 Å². The number of carbonyl (C=O) groups excluding carboxylic acids is 2. The Kier molecular flexibility index (Phi) is 6.60. The number of amides is 3. The van der Waals surface area contributed by atoms with Crippen molar-refractivity contribution in [2.24, 2.45) is 11.3 Å². The van der Waals surface area contributed by atoms with Crippen LogP contribution in [0.1, 0.15) is 58.1 Å². The van der Waals surface area contributed by atoms with Crippen molar-refractivity contribution in [2.45, 2.75) is 52.5 Å². The average molecular weight is 387 g/mol. The Bertz CT molecular complexity index is 686. The lowest BCUT2D eigenvalue weighted by molar-refractivity contribution is -0.134. The lowest BCUT2D eigenvalue weighted by atomic mass is 9.67. The van der Waals surface area contributed by atoms with Crippen molar-refractivity contribution in [2.75, 3.05) is 31.5 Å². The first-order chi connectivity index (χ1) is 13.5. The fourth-order valence-electron chi connectivity index (χ4n) is 4.68. The lowest BCUT2D eigenvalue weighted by Gasteiger charge is -2.38. The van der Waals surface area contributed by atoms with Gasteiger partial charge in [-0.05, 0) is 63.8 Å². The molecular formula is C22H34N4O2. The Balaban J connectivity index is 1.61. The largest absolute Gasteiger partial charge is 0.349 e. The molecule has 1 aromatic carbocycles. The summed E-state index contributed by atoms with van der Waals surface area (Å²) in [7, 11) is 0. The minimum Gasteiger partial charge on any atom is -0.349 e. The third-order valence-electron chi connectivity index (χ3n) is 6.55. The van der Waals surface area contributed by atoms with Gasteiger partial charge in [0.2, 0.25) is 5.91 Å². The van der Waals surface area contributed by atoms with E-state index >= 15 is 0 Å². The van der Waals surface area contributed by atoms with Crippen LogP contribution in [-0.4, -0.2) is 43.0 Å². The second-order valence-electron chi connectivity index (χ2n) is 8.15. The molecule has 0 radical (unpaired) electrons. The zero-order valence-electron chi connectivity index (χ0n) is 17.4. The maximum Gasteiger partial charge on any atom is 0.321 e. The Morgan fingerprint density at radius 3 is 2.61 bits per heavy atom. The van der Waals surface area contributed by atoms with Crippen molar-refractivity contribution in [1.29, 1.82) is 0 Å². The molecular weight excluding hydrogens is 352 g/mol. The summed E-state index contributed by atoms with van der Waals surface area (Å²) in [5.74, 6) is 0.653. The van der Waals surface area contributed by atoms with Gasteiger partial charge in [0.05, 0.1) is 11.5 Å². The maximum absolute atomic E-state index is 13.1. The molecule has 1 aromatic rings. The number of benzene rings is 1. The first kappa shape index (κ1) is 20.6. The van der Waals surface area contributed by atoms with Gasteiger partial charge in [-0.25, -0.2) is 4.79 Å². The van der Waals surface area contributed by atoms with E-state index in [-0.39, 0.29) is 23.4 Å². The number of nitrogens with zero attached hydrogens (tertiary/aromatic N) is 1. The van der Waals surface area contributed by atoms with Gasteiger partial charge in [0, 0.05) is 25.3 Å². The smallest absolute Gasteiger partial charge is 0.321 e. The van der Waals surface area contributed by atoms with E-state index in [1.54, 1.807) is 4.90 Å². The molecule has 1 aliphatic heterocycles. The molecule has 28 heavy (non-hydrogen) atoms. The SMILES string of the molecule is CCN(CC)C(=O)Nc1ccc(C(C)NC(=O)[C@@]23CCCC[C@H]2CNC3)cc1. The van der Waals surface area contributed by atoms with Crippen molar-refractivity contribution < 1.29 is 9.59 Å². The summed E-state index contributed by atoms with van der Waals surface area (Å²) in [5, 5.41) is 9.61. The van der Waals surface area contributed by atoms with E-state index in [0.717, 1.165) is 43.6 Å². The van der Waals surface area contributed by atoms with Gasteiger partial charge >= 0.3 is 6.03 Å². The van der Waals surface area contributed by atoms with E-state index in [4.69, 9.17) is 0 Å². The van der Waals surface area contributed by atoms with Gasteiger partial charge in [0.25, 0.3) is 0 Å². The summed E-state index contributed by atoms with van der Waals surface area (Å²) in [6.07, 6.45) is 4.51. The molecule has 2 aliphatic rings. The molecule has 3 amide bonds. The molecule has 3 atom stereocenters. The summed E-state index contributed by atoms with van der Waals surface area (Å²) < 4.78 is 0. The van der Waals surface area contributed by atoms with E-state index < -0.39 is 0 Å². The van der Waals surface area contributed by atoms with Crippen molar-refractivity contribution >= 4 is 17.6 Å². The van der Waals surface area contributed by atoms with Crippen LogP contribution in [0.2, 0.25) is 0 Å². The normalized spacial score (nSPS) is 24.9. The fraction of sp³-hybridized carbons (Fsp3) is 0.636. The van der Waals surface area contributed by atoms with Crippen molar-refractivity contribution in [1.82, 2.24) is 15.5 Å². The molecule has 1 unspecified atom stereocenters. The van der Waals surface area contributed by atoms with Crippen molar-refractivity contribution in [3.63, 3.8) is 0 Å². The molecule has 0 bridgehead atoms. The average Bonchev–Trinajstić information content (AvgIpc) is 3.15. The van der Waals surface area contributed by atoms with Crippen LogP contribution >= 0.6 is 0 Å². The summed E-state index contributed by atoms with van der Waals surface area (Å²) in [6.45, 7) is 9.08. The Hall–Kier alpha value is -2.08. The predicted molar refractivity (Wildman–Crippen MR) is 112 cm³/mol. The topological polar surface area (TPSA) is 73.5 Å². The number of rotatable bonds is 6. The van der Waals surface area contributed by atoms with E-state index in [2.05, 4.69) is 16.0 Å². The maximum atomic E-state index is 13.1. The highest BCUT2D eigenvalue weighted by Gasteiger charge is 2.49. The molecule has 1 aliphatic carbocycles. The second kappa shape index (κ2) is 8.95. The van der Waals surface area contributed by atoms with Crippen LogP contribution in [-0.2, 0) is 4.79 Å². The number of hydrogen-bond acceptors (Lipinski definition) is 3. The van der Waals surface area contributed by atoms with Crippen LogP contribution in [0, 0.1) is 11.3 Å². The number of nitrogens with one attached hydrogen (secondary N) is 3. The molecule has 2 fully saturated rings. The molecule has 3 N–H and O–H groups in total. The van der Waals surface area contributed by atoms with Gasteiger partial charge in [-0.2, -0.15) is 0 Å². The van der Waals surface area contributed by atoms with E-state index in [9.17, 15) is 9.59 Å². The molecule has 6 heteroatoms. The molecule has 6 nitrogen and oxygen atoms in total. The third kappa shape index (κ3) is 4.17. The predicted octanol–water partition coefficient (Wildman–Crippen LogP) is 3.52. The fourth-order valence-corrected chi connectivity index (χ4v) is 4.68. The number of hydrogen-bond donors (Lipinski definition) is 3. The number of urea groups is 1.